The largest absolute Gasteiger partial charge is 0.396 e. The first-order valence-electron chi connectivity index (χ1n) is 9.97. The van der Waals surface area contributed by atoms with Crippen LogP contribution in [0.15, 0.2) is 36.5 Å². The number of nitrogen functional groups attached to an aromatic ring is 1. The van der Waals surface area contributed by atoms with Gasteiger partial charge in [-0.3, -0.25) is 9.69 Å². The van der Waals surface area contributed by atoms with Crippen molar-refractivity contribution in [2.75, 3.05) is 38.5 Å². The number of hydrogen-bond acceptors (Lipinski definition) is 6. The number of carbonyl (C=O) groups is 1. The van der Waals surface area contributed by atoms with Gasteiger partial charge in [0.25, 0.3) is 5.91 Å². The Kier molecular flexibility index (Phi) is 5.54. The number of aliphatic hydroxyl groups is 1. The molecule has 0 radical (unpaired) electrons. The van der Waals surface area contributed by atoms with E-state index in [1.165, 1.54) is 12.8 Å². The molecule has 3 N–H and O–H groups in total. The average Bonchev–Trinajstić information content (AvgIpc) is 3.53. The van der Waals surface area contributed by atoms with Crippen LogP contribution in [0.4, 0.5) is 5.82 Å². The number of amides is 1. The van der Waals surface area contributed by atoms with E-state index in [1.54, 1.807) is 12.3 Å². The first-order chi connectivity index (χ1) is 13.6. The van der Waals surface area contributed by atoms with E-state index < -0.39 is 0 Å². The van der Waals surface area contributed by atoms with Gasteiger partial charge in [-0.2, -0.15) is 0 Å². The quantitative estimate of drug-likeness (QED) is 0.790. The van der Waals surface area contributed by atoms with Crippen LogP contribution in [0.25, 0.3) is 11.4 Å². The first kappa shape index (κ1) is 18.8. The second-order valence-corrected chi connectivity index (χ2v) is 7.74. The second-order valence-electron chi connectivity index (χ2n) is 7.74. The van der Waals surface area contributed by atoms with Crippen LogP contribution in [0.1, 0.15) is 29.6 Å². The van der Waals surface area contributed by atoms with Crippen molar-refractivity contribution in [3.8, 4) is 11.4 Å². The molecule has 4 rings (SSSR count). The number of nitrogens with two attached hydrogens (primary N) is 1. The molecular weight excluding hydrogens is 354 g/mol. The summed E-state index contributed by atoms with van der Waals surface area (Å²) in [6.07, 6.45) is 4.96. The number of rotatable bonds is 6. The summed E-state index contributed by atoms with van der Waals surface area (Å²) in [6, 6.07) is 9.24. The zero-order valence-electron chi connectivity index (χ0n) is 16.0. The molecule has 7 nitrogen and oxygen atoms in total. The molecule has 2 aliphatic rings. The summed E-state index contributed by atoms with van der Waals surface area (Å²) in [6.45, 7) is 3.53. The van der Waals surface area contributed by atoms with E-state index in [2.05, 4.69) is 14.9 Å². The fourth-order valence-electron chi connectivity index (χ4n) is 3.83. The number of hydrogen-bond donors (Lipinski definition) is 2. The Hall–Kier alpha value is -2.51. The maximum Gasteiger partial charge on any atom is 0.253 e. The zero-order chi connectivity index (χ0) is 19.5. The SMILES string of the molecule is Nc1ccnc(-c2ccc(C(=O)N3CCN(CC4CC4)[C@H](CCO)C3)cc2)n1. The molecule has 28 heavy (non-hydrogen) atoms. The summed E-state index contributed by atoms with van der Waals surface area (Å²) < 4.78 is 0. The molecule has 1 saturated heterocycles. The van der Waals surface area contributed by atoms with E-state index in [9.17, 15) is 9.90 Å². The normalized spacial score (nSPS) is 20.3. The maximum atomic E-state index is 13.0. The van der Waals surface area contributed by atoms with Crippen molar-refractivity contribution in [2.24, 2.45) is 5.92 Å². The van der Waals surface area contributed by atoms with E-state index in [-0.39, 0.29) is 18.6 Å². The van der Waals surface area contributed by atoms with E-state index in [0.717, 1.165) is 31.1 Å². The summed E-state index contributed by atoms with van der Waals surface area (Å²) in [7, 11) is 0. The molecule has 1 aliphatic carbocycles. The molecule has 0 unspecified atom stereocenters. The minimum absolute atomic E-state index is 0.0362. The minimum atomic E-state index is 0.0362. The number of carbonyl (C=O) groups excluding carboxylic acids is 1. The highest BCUT2D eigenvalue weighted by atomic mass is 16.3. The van der Waals surface area contributed by atoms with Gasteiger partial charge in [0, 0.05) is 56.2 Å². The van der Waals surface area contributed by atoms with Gasteiger partial charge in [-0.1, -0.05) is 12.1 Å². The molecule has 1 amide bonds. The number of aliphatic hydroxyl groups excluding tert-OH is 1. The lowest BCUT2D eigenvalue weighted by molar-refractivity contribution is 0.0407. The lowest BCUT2D eigenvalue weighted by Crippen LogP contribution is -2.55. The Morgan fingerprint density at radius 1 is 1.18 bits per heavy atom. The number of aromatic nitrogens is 2. The predicted molar refractivity (Wildman–Crippen MR) is 108 cm³/mol. The molecule has 2 heterocycles. The highest BCUT2D eigenvalue weighted by molar-refractivity contribution is 5.94. The summed E-state index contributed by atoms with van der Waals surface area (Å²) in [5, 5.41) is 9.44. The summed E-state index contributed by atoms with van der Waals surface area (Å²) in [4.78, 5) is 25.8. The van der Waals surface area contributed by atoms with Gasteiger partial charge >= 0.3 is 0 Å². The van der Waals surface area contributed by atoms with Gasteiger partial charge in [0.2, 0.25) is 0 Å². The van der Waals surface area contributed by atoms with Crippen molar-refractivity contribution in [2.45, 2.75) is 25.3 Å². The van der Waals surface area contributed by atoms with Crippen LogP contribution in [0.5, 0.6) is 0 Å². The third-order valence-corrected chi connectivity index (χ3v) is 5.61. The Bertz CT molecular complexity index is 822. The molecule has 1 aromatic heterocycles. The molecule has 0 spiro atoms. The third-order valence-electron chi connectivity index (χ3n) is 5.61. The van der Waals surface area contributed by atoms with E-state index in [1.807, 2.05) is 29.2 Å². The summed E-state index contributed by atoms with van der Waals surface area (Å²) in [5.74, 6) is 1.82. The minimum Gasteiger partial charge on any atom is -0.396 e. The smallest absolute Gasteiger partial charge is 0.253 e. The van der Waals surface area contributed by atoms with Gasteiger partial charge in [0.05, 0.1) is 0 Å². The van der Waals surface area contributed by atoms with Crippen LogP contribution in [-0.2, 0) is 0 Å². The Balaban J connectivity index is 1.43. The van der Waals surface area contributed by atoms with Gasteiger partial charge < -0.3 is 15.7 Å². The van der Waals surface area contributed by atoms with E-state index in [0.29, 0.717) is 30.2 Å². The number of benzene rings is 1. The molecule has 2 fully saturated rings. The summed E-state index contributed by atoms with van der Waals surface area (Å²) in [5.41, 5.74) is 7.21. The van der Waals surface area contributed by atoms with Crippen LogP contribution < -0.4 is 5.73 Å². The van der Waals surface area contributed by atoms with Crippen LogP contribution in [0, 0.1) is 5.92 Å². The summed E-state index contributed by atoms with van der Waals surface area (Å²) >= 11 is 0. The van der Waals surface area contributed by atoms with Crippen molar-refractivity contribution in [3.63, 3.8) is 0 Å². The van der Waals surface area contributed by atoms with Crippen molar-refractivity contribution in [3.05, 3.63) is 42.1 Å². The number of nitrogens with zero attached hydrogens (tertiary/aromatic N) is 4. The fraction of sp³-hybridized carbons (Fsp3) is 0.476. The molecule has 0 bridgehead atoms. The average molecular weight is 381 g/mol. The highest BCUT2D eigenvalue weighted by Gasteiger charge is 2.33. The van der Waals surface area contributed by atoms with Crippen LogP contribution in [-0.4, -0.2) is 69.6 Å². The van der Waals surface area contributed by atoms with E-state index >= 15 is 0 Å². The van der Waals surface area contributed by atoms with E-state index in [4.69, 9.17) is 5.73 Å². The van der Waals surface area contributed by atoms with Crippen LogP contribution in [0.2, 0.25) is 0 Å². The Morgan fingerprint density at radius 2 is 1.96 bits per heavy atom. The fourth-order valence-corrected chi connectivity index (χ4v) is 3.83. The molecule has 2 aromatic rings. The Morgan fingerprint density at radius 3 is 2.64 bits per heavy atom. The van der Waals surface area contributed by atoms with Crippen molar-refractivity contribution < 1.29 is 9.90 Å². The topological polar surface area (TPSA) is 95.6 Å². The number of anilines is 1. The lowest BCUT2D eigenvalue weighted by Gasteiger charge is -2.41. The van der Waals surface area contributed by atoms with Crippen molar-refractivity contribution in [1.82, 2.24) is 19.8 Å². The van der Waals surface area contributed by atoms with Crippen molar-refractivity contribution >= 4 is 11.7 Å². The van der Waals surface area contributed by atoms with Gasteiger partial charge in [0.15, 0.2) is 5.82 Å². The third kappa shape index (κ3) is 4.31. The van der Waals surface area contributed by atoms with Gasteiger partial charge in [0.1, 0.15) is 5.82 Å². The monoisotopic (exact) mass is 381 g/mol. The standard InChI is InChI=1S/C21H27N5O2/c22-19-7-9-23-20(24-19)16-3-5-17(6-4-16)21(28)26-11-10-25(13-15-1-2-15)18(14-26)8-12-27/h3-7,9,15,18,27H,1-2,8,10-14H2,(H2,22,23,24)/t18-/m1/s1. The molecule has 7 heteroatoms. The first-order valence-corrected chi connectivity index (χ1v) is 9.97. The molecule has 1 saturated carbocycles. The van der Waals surface area contributed by atoms with Crippen LogP contribution >= 0.6 is 0 Å². The number of piperazine rings is 1. The highest BCUT2D eigenvalue weighted by Crippen LogP contribution is 2.31. The molecule has 148 valence electrons. The molecule has 1 aromatic carbocycles. The van der Waals surface area contributed by atoms with Crippen molar-refractivity contribution in [1.29, 1.82) is 0 Å². The van der Waals surface area contributed by atoms with Gasteiger partial charge in [-0.25, -0.2) is 9.97 Å². The zero-order valence-corrected chi connectivity index (χ0v) is 16.0. The van der Waals surface area contributed by atoms with Gasteiger partial charge in [-0.05, 0) is 43.4 Å². The predicted octanol–water partition coefficient (Wildman–Crippen LogP) is 1.64. The molecule has 1 atom stereocenters. The second kappa shape index (κ2) is 8.24. The maximum absolute atomic E-state index is 13.0. The van der Waals surface area contributed by atoms with Crippen LogP contribution in [0.3, 0.4) is 0 Å². The Labute approximate surface area is 165 Å². The lowest BCUT2D eigenvalue weighted by atomic mass is 10.1. The van der Waals surface area contributed by atoms with Gasteiger partial charge in [-0.15, -0.1) is 0 Å². The molecule has 1 aliphatic heterocycles. The molecular formula is C21H27N5O2.